The standard InChI is InChI=1S/C10H16N2O/c1-4-5-10(13)9-6-7(2)11-12-8(9)3/h6,10,13H,4-5H2,1-3H3. The summed E-state index contributed by atoms with van der Waals surface area (Å²) in [4.78, 5) is 0. The molecular formula is C10H16N2O. The monoisotopic (exact) mass is 180 g/mol. The number of hydrogen-bond acceptors (Lipinski definition) is 3. The van der Waals surface area contributed by atoms with Crippen molar-refractivity contribution in [1.29, 1.82) is 0 Å². The Balaban J connectivity index is 2.91. The van der Waals surface area contributed by atoms with Crippen LogP contribution < -0.4 is 0 Å². The molecule has 0 radical (unpaired) electrons. The van der Waals surface area contributed by atoms with Gasteiger partial charge in [-0.05, 0) is 26.3 Å². The Bertz CT molecular complexity index is 286. The SMILES string of the molecule is CCCC(O)c1cc(C)nnc1C. The van der Waals surface area contributed by atoms with Gasteiger partial charge >= 0.3 is 0 Å². The van der Waals surface area contributed by atoms with Gasteiger partial charge in [0.15, 0.2) is 0 Å². The minimum atomic E-state index is -0.390. The molecule has 1 unspecified atom stereocenters. The molecule has 0 aliphatic carbocycles. The molecule has 0 saturated carbocycles. The molecule has 0 aliphatic rings. The zero-order chi connectivity index (χ0) is 9.84. The summed E-state index contributed by atoms with van der Waals surface area (Å²) in [6, 6.07) is 1.91. The van der Waals surface area contributed by atoms with Crippen molar-refractivity contribution in [3.63, 3.8) is 0 Å². The van der Waals surface area contributed by atoms with E-state index < -0.39 is 0 Å². The first-order chi connectivity index (χ1) is 6.15. The number of aliphatic hydroxyl groups is 1. The van der Waals surface area contributed by atoms with Crippen molar-refractivity contribution in [3.05, 3.63) is 23.0 Å². The highest BCUT2D eigenvalue weighted by Gasteiger charge is 2.10. The summed E-state index contributed by atoms with van der Waals surface area (Å²) in [5.74, 6) is 0. The average Bonchev–Trinajstić information content (AvgIpc) is 2.09. The molecule has 1 atom stereocenters. The fraction of sp³-hybridized carbons (Fsp3) is 0.600. The Labute approximate surface area is 78.8 Å². The third kappa shape index (κ3) is 2.49. The van der Waals surface area contributed by atoms with E-state index in [4.69, 9.17) is 0 Å². The van der Waals surface area contributed by atoms with Gasteiger partial charge in [-0.1, -0.05) is 13.3 Å². The molecule has 3 nitrogen and oxygen atoms in total. The molecule has 1 N–H and O–H groups in total. The summed E-state index contributed by atoms with van der Waals surface area (Å²) in [6.07, 6.45) is 1.37. The van der Waals surface area contributed by atoms with Crippen molar-refractivity contribution in [2.24, 2.45) is 0 Å². The maximum atomic E-state index is 9.76. The summed E-state index contributed by atoms with van der Waals surface area (Å²) in [5, 5.41) is 17.7. The lowest BCUT2D eigenvalue weighted by Gasteiger charge is -2.11. The minimum absolute atomic E-state index is 0.390. The highest BCUT2D eigenvalue weighted by Crippen LogP contribution is 2.20. The van der Waals surface area contributed by atoms with Crippen LogP contribution in [0.5, 0.6) is 0 Å². The van der Waals surface area contributed by atoms with Gasteiger partial charge in [0.1, 0.15) is 0 Å². The Morgan fingerprint density at radius 3 is 2.69 bits per heavy atom. The van der Waals surface area contributed by atoms with E-state index in [1.165, 1.54) is 0 Å². The second kappa shape index (κ2) is 4.33. The zero-order valence-electron chi connectivity index (χ0n) is 8.41. The molecule has 72 valence electrons. The largest absolute Gasteiger partial charge is 0.388 e. The van der Waals surface area contributed by atoms with E-state index >= 15 is 0 Å². The molecule has 3 heteroatoms. The minimum Gasteiger partial charge on any atom is -0.388 e. The van der Waals surface area contributed by atoms with Crippen molar-refractivity contribution in [2.75, 3.05) is 0 Å². The van der Waals surface area contributed by atoms with Crippen LogP contribution in [0.1, 0.15) is 42.8 Å². The molecule has 0 fully saturated rings. The summed E-state index contributed by atoms with van der Waals surface area (Å²) in [7, 11) is 0. The molecule has 0 saturated heterocycles. The summed E-state index contributed by atoms with van der Waals surface area (Å²) in [5.41, 5.74) is 2.59. The van der Waals surface area contributed by atoms with Crippen molar-refractivity contribution in [3.8, 4) is 0 Å². The number of aromatic nitrogens is 2. The normalized spacial score (nSPS) is 12.9. The van der Waals surface area contributed by atoms with Gasteiger partial charge in [-0.25, -0.2) is 0 Å². The Morgan fingerprint density at radius 1 is 1.38 bits per heavy atom. The predicted octanol–water partition coefficient (Wildman–Crippen LogP) is 1.93. The molecule has 13 heavy (non-hydrogen) atoms. The lowest BCUT2D eigenvalue weighted by Crippen LogP contribution is -2.03. The number of hydrogen-bond donors (Lipinski definition) is 1. The first-order valence-corrected chi connectivity index (χ1v) is 4.64. The first-order valence-electron chi connectivity index (χ1n) is 4.64. The molecule has 1 aromatic rings. The molecule has 1 rings (SSSR count). The lowest BCUT2D eigenvalue weighted by molar-refractivity contribution is 0.165. The Kier molecular flexibility index (Phi) is 3.37. The van der Waals surface area contributed by atoms with E-state index in [0.717, 1.165) is 29.8 Å². The van der Waals surface area contributed by atoms with Gasteiger partial charge in [-0.3, -0.25) is 0 Å². The number of rotatable bonds is 3. The molecular weight excluding hydrogens is 164 g/mol. The number of aryl methyl sites for hydroxylation is 2. The van der Waals surface area contributed by atoms with E-state index in [1.54, 1.807) is 0 Å². The second-order valence-electron chi connectivity index (χ2n) is 3.33. The van der Waals surface area contributed by atoms with Crippen molar-refractivity contribution < 1.29 is 5.11 Å². The Morgan fingerprint density at radius 2 is 2.08 bits per heavy atom. The topological polar surface area (TPSA) is 46.0 Å². The van der Waals surface area contributed by atoms with Gasteiger partial charge < -0.3 is 5.11 Å². The van der Waals surface area contributed by atoms with Crippen molar-refractivity contribution >= 4 is 0 Å². The Hall–Kier alpha value is -0.960. The van der Waals surface area contributed by atoms with Crippen LogP contribution in [0.2, 0.25) is 0 Å². The van der Waals surface area contributed by atoms with Crippen LogP contribution in [0, 0.1) is 13.8 Å². The van der Waals surface area contributed by atoms with E-state index in [0.29, 0.717) is 0 Å². The number of aliphatic hydroxyl groups excluding tert-OH is 1. The quantitative estimate of drug-likeness (QED) is 0.773. The maximum absolute atomic E-state index is 9.76. The third-order valence-corrected chi connectivity index (χ3v) is 2.06. The summed E-state index contributed by atoms with van der Waals surface area (Å²) >= 11 is 0. The maximum Gasteiger partial charge on any atom is 0.0808 e. The summed E-state index contributed by atoms with van der Waals surface area (Å²) in [6.45, 7) is 5.81. The highest BCUT2D eigenvalue weighted by atomic mass is 16.3. The van der Waals surface area contributed by atoms with E-state index in [1.807, 2.05) is 19.9 Å². The van der Waals surface area contributed by atoms with Gasteiger partial charge in [-0.15, -0.1) is 0 Å². The lowest BCUT2D eigenvalue weighted by atomic mass is 10.0. The molecule has 1 heterocycles. The zero-order valence-corrected chi connectivity index (χ0v) is 8.41. The molecule has 0 amide bonds. The number of nitrogens with zero attached hydrogens (tertiary/aromatic N) is 2. The highest BCUT2D eigenvalue weighted by molar-refractivity contribution is 5.22. The molecule has 0 bridgehead atoms. The van der Waals surface area contributed by atoms with Gasteiger partial charge in [0.05, 0.1) is 17.5 Å². The van der Waals surface area contributed by atoms with Crippen LogP contribution >= 0.6 is 0 Å². The van der Waals surface area contributed by atoms with Crippen LogP contribution in [0.4, 0.5) is 0 Å². The fourth-order valence-electron chi connectivity index (χ4n) is 1.34. The van der Waals surface area contributed by atoms with Gasteiger partial charge in [0.2, 0.25) is 0 Å². The van der Waals surface area contributed by atoms with E-state index in [9.17, 15) is 5.11 Å². The first kappa shape index (κ1) is 10.1. The molecule has 0 aliphatic heterocycles. The van der Waals surface area contributed by atoms with Gasteiger partial charge in [-0.2, -0.15) is 10.2 Å². The van der Waals surface area contributed by atoms with Crippen LogP contribution in [0.15, 0.2) is 6.07 Å². The predicted molar refractivity (Wildman–Crippen MR) is 51.4 cm³/mol. The third-order valence-electron chi connectivity index (χ3n) is 2.06. The van der Waals surface area contributed by atoms with Gasteiger partial charge in [0.25, 0.3) is 0 Å². The average molecular weight is 180 g/mol. The molecule has 0 aromatic carbocycles. The summed E-state index contributed by atoms with van der Waals surface area (Å²) < 4.78 is 0. The fourth-order valence-corrected chi connectivity index (χ4v) is 1.34. The van der Waals surface area contributed by atoms with Crippen LogP contribution in [0.3, 0.4) is 0 Å². The van der Waals surface area contributed by atoms with Crippen LogP contribution in [-0.4, -0.2) is 15.3 Å². The second-order valence-corrected chi connectivity index (χ2v) is 3.33. The van der Waals surface area contributed by atoms with Crippen LogP contribution in [0.25, 0.3) is 0 Å². The van der Waals surface area contributed by atoms with E-state index in [-0.39, 0.29) is 6.10 Å². The van der Waals surface area contributed by atoms with Crippen molar-refractivity contribution in [1.82, 2.24) is 10.2 Å². The van der Waals surface area contributed by atoms with Crippen LogP contribution in [-0.2, 0) is 0 Å². The molecule has 1 aromatic heterocycles. The van der Waals surface area contributed by atoms with Gasteiger partial charge in [0, 0.05) is 5.56 Å². The van der Waals surface area contributed by atoms with E-state index in [2.05, 4.69) is 17.1 Å². The van der Waals surface area contributed by atoms with Crippen molar-refractivity contribution in [2.45, 2.75) is 39.7 Å². The molecule has 0 spiro atoms. The smallest absolute Gasteiger partial charge is 0.0808 e.